The molecule has 0 N–H and O–H groups in total. The van der Waals surface area contributed by atoms with E-state index in [1.807, 2.05) is 19.9 Å². The summed E-state index contributed by atoms with van der Waals surface area (Å²) in [6.45, 7) is 4.02. The van der Waals surface area contributed by atoms with Gasteiger partial charge in [-0.1, -0.05) is 13.8 Å². The van der Waals surface area contributed by atoms with E-state index in [0.717, 1.165) is 5.56 Å². The first-order valence-corrected chi connectivity index (χ1v) is 8.03. The van der Waals surface area contributed by atoms with Gasteiger partial charge in [-0.2, -0.15) is 0 Å². The number of ether oxygens (including phenoxy) is 3. The Morgan fingerprint density at radius 3 is 2.54 bits per heavy atom. The number of esters is 1. The monoisotopic (exact) mass is 330 g/mol. The number of benzene rings is 1. The Morgan fingerprint density at radius 1 is 1.12 bits per heavy atom. The summed E-state index contributed by atoms with van der Waals surface area (Å²) in [5.41, 5.74) is 1.20. The van der Waals surface area contributed by atoms with E-state index in [-0.39, 0.29) is 29.5 Å². The average Bonchev–Trinajstić information content (AvgIpc) is 2.51. The first kappa shape index (κ1) is 16.6. The molecule has 0 aromatic heterocycles. The Morgan fingerprint density at radius 2 is 1.88 bits per heavy atom. The van der Waals surface area contributed by atoms with Crippen LogP contribution in [0.3, 0.4) is 0 Å². The van der Waals surface area contributed by atoms with E-state index < -0.39 is 0 Å². The molecular weight excluding hydrogens is 308 g/mol. The quantitative estimate of drug-likeness (QED) is 0.795. The van der Waals surface area contributed by atoms with Crippen molar-refractivity contribution in [3.8, 4) is 11.5 Å². The van der Waals surface area contributed by atoms with Gasteiger partial charge in [-0.25, -0.2) is 0 Å². The predicted octanol–water partition coefficient (Wildman–Crippen LogP) is 3.38. The maximum Gasteiger partial charge on any atom is 0.311 e. The predicted molar refractivity (Wildman–Crippen MR) is 88.0 cm³/mol. The number of ketones is 1. The number of methoxy groups -OCH3 is 2. The van der Waals surface area contributed by atoms with Gasteiger partial charge >= 0.3 is 5.97 Å². The third-order valence-electron chi connectivity index (χ3n) is 4.65. The van der Waals surface area contributed by atoms with Crippen molar-refractivity contribution < 1.29 is 23.8 Å². The highest BCUT2D eigenvalue weighted by atomic mass is 16.5. The number of carbonyl (C=O) groups excluding carboxylic acids is 2. The van der Waals surface area contributed by atoms with Gasteiger partial charge in [0.05, 0.1) is 20.6 Å². The lowest BCUT2D eigenvalue weighted by molar-refractivity contribution is -0.142. The topological polar surface area (TPSA) is 61.8 Å². The van der Waals surface area contributed by atoms with E-state index in [2.05, 4.69) is 0 Å². The molecule has 0 saturated heterocycles. The van der Waals surface area contributed by atoms with Crippen LogP contribution in [0.25, 0.3) is 0 Å². The fraction of sp³-hybridized carbons (Fsp3) is 0.474. The Balaban J connectivity index is 2.13. The third-order valence-corrected chi connectivity index (χ3v) is 4.65. The van der Waals surface area contributed by atoms with Crippen LogP contribution in [0.2, 0.25) is 0 Å². The summed E-state index contributed by atoms with van der Waals surface area (Å²) in [5.74, 6) is 1.20. The van der Waals surface area contributed by atoms with Crippen molar-refractivity contribution in [1.29, 1.82) is 0 Å². The number of carbonyl (C=O) groups is 2. The van der Waals surface area contributed by atoms with Gasteiger partial charge in [-0.3, -0.25) is 9.59 Å². The van der Waals surface area contributed by atoms with Crippen molar-refractivity contribution in [3.63, 3.8) is 0 Å². The Labute approximate surface area is 141 Å². The molecule has 0 spiro atoms. The summed E-state index contributed by atoms with van der Waals surface area (Å²) < 4.78 is 16.2. The summed E-state index contributed by atoms with van der Waals surface area (Å²) in [5, 5.41) is 0. The van der Waals surface area contributed by atoms with Crippen molar-refractivity contribution in [2.24, 2.45) is 5.41 Å². The van der Waals surface area contributed by atoms with Crippen LogP contribution in [0.4, 0.5) is 0 Å². The van der Waals surface area contributed by atoms with Gasteiger partial charge in [0.25, 0.3) is 0 Å². The highest BCUT2D eigenvalue weighted by Crippen LogP contribution is 2.47. The van der Waals surface area contributed by atoms with Crippen LogP contribution in [-0.4, -0.2) is 26.0 Å². The van der Waals surface area contributed by atoms with Gasteiger partial charge in [0, 0.05) is 29.9 Å². The fourth-order valence-electron chi connectivity index (χ4n) is 3.58. The molecule has 0 bridgehead atoms. The second-order valence-corrected chi connectivity index (χ2v) is 7.12. The number of hydrogen-bond acceptors (Lipinski definition) is 5. The van der Waals surface area contributed by atoms with Crippen LogP contribution in [0.15, 0.2) is 29.5 Å². The number of rotatable bonds is 3. The van der Waals surface area contributed by atoms with Crippen LogP contribution < -0.4 is 9.47 Å². The third kappa shape index (κ3) is 2.90. The first-order chi connectivity index (χ1) is 11.3. The van der Waals surface area contributed by atoms with Gasteiger partial charge in [0.2, 0.25) is 0 Å². The lowest BCUT2D eigenvalue weighted by Gasteiger charge is -2.37. The van der Waals surface area contributed by atoms with Crippen molar-refractivity contribution >= 4 is 11.8 Å². The van der Waals surface area contributed by atoms with Crippen molar-refractivity contribution in [3.05, 3.63) is 35.1 Å². The minimum Gasteiger partial charge on any atom is -0.497 e. The molecule has 0 fully saturated rings. The molecule has 0 radical (unpaired) electrons. The van der Waals surface area contributed by atoms with E-state index in [9.17, 15) is 9.59 Å². The molecule has 128 valence electrons. The minimum atomic E-state index is -0.352. The lowest BCUT2D eigenvalue weighted by atomic mass is 9.71. The molecule has 1 aliphatic carbocycles. The second kappa shape index (κ2) is 5.96. The largest absolute Gasteiger partial charge is 0.497 e. The molecule has 5 heteroatoms. The summed E-state index contributed by atoms with van der Waals surface area (Å²) in [6.07, 6.45) is 1.17. The average molecular weight is 330 g/mol. The first-order valence-electron chi connectivity index (χ1n) is 8.03. The molecule has 1 aliphatic heterocycles. The smallest absolute Gasteiger partial charge is 0.311 e. The molecule has 2 aliphatic rings. The Bertz CT molecular complexity index is 729. The zero-order chi connectivity index (χ0) is 17.5. The molecule has 0 amide bonds. The Hall–Kier alpha value is -2.30. The fourth-order valence-corrected chi connectivity index (χ4v) is 3.58. The summed E-state index contributed by atoms with van der Waals surface area (Å²) >= 11 is 0. The van der Waals surface area contributed by atoms with Crippen LogP contribution in [0, 0.1) is 5.41 Å². The van der Waals surface area contributed by atoms with Gasteiger partial charge in [0.1, 0.15) is 17.3 Å². The number of hydrogen-bond donors (Lipinski definition) is 0. The highest BCUT2D eigenvalue weighted by Gasteiger charge is 2.42. The molecule has 5 nitrogen and oxygen atoms in total. The van der Waals surface area contributed by atoms with Crippen LogP contribution >= 0.6 is 0 Å². The molecule has 0 saturated carbocycles. The summed E-state index contributed by atoms with van der Waals surface area (Å²) in [6, 6.07) is 5.43. The van der Waals surface area contributed by atoms with E-state index in [0.29, 0.717) is 35.7 Å². The molecule has 3 rings (SSSR count). The van der Waals surface area contributed by atoms with Crippen molar-refractivity contribution in [1.82, 2.24) is 0 Å². The second-order valence-electron chi connectivity index (χ2n) is 7.12. The van der Waals surface area contributed by atoms with E-state index in [4.69, 9.17) is 14.2 Å². The summed E-state index contributed by atoms with van der Waals surface area (Å²) in [7, 11) is 3.16. The van der Waals surface area contributed by atoms with Crippen LogP contribution in [-0.2, 0) is 14.3 Å². The molecule has 1 atom stereocenters. The van der Waals surface area contributed by atoms with Crippen LogP contribution in [0.1, 0.15) is 44.6 Å². The Kier molecular flexibility index (Phi) is 4.11. The minimum absolute atomic E-state index is 0.0450. The lowest BCUT2D eigenvalue weighted by Crippen LogP contribution is -2.34. The number of allylic oxidation sites excluding steroid dienone is 2. The van der Waals surface area contributed by atoms with E-state index >= 15 is 0 Å². The maximum absolute atomic E-state index is 12.8. The van der Waals surface area contributed by atoms with E-state index in [1.54, 1.807) is 26.4 Å². The normalized spacial score (nSPS) is 22.8. The van der Waals surface area contributed by atoms with Gasteiger partial charge in [-0.05, 0) is 23.6 Å². The SMILES string of the molecule is COc1ccc(OC)c([C@@H]2CC(=O)OC3=C2C(=O)CC(C)(C)C3)c1. The zero-order valence-electron chi connectivity index (χ0n) is 14.5. The molecule has 1 aromatic carbocycles. The molecular formula is C19H22O5. The van der Waals surface area contributed by atoms with Crippen LogP contribution in [0.5, 0.6) is 11.5 Å². The number of Topliss-reactive ketones (excluding diaryl/α,β-unsaturated/α-hetero) is 1. The standard InChI is InChI=1S/C19H22O5/c1-19(2)9-14(20)18-13(8-17(21)24-16(18)10-19)12-7-11(22-3)5-6-15(12)23-4/h5-7,13H,8-10H2,1-4H3/t13-/m0/s1. The van der Waals surface area contributed by atoms with Gasteiger partial charge < -0.3 is 14.2 Å². The van der Waals surface area contributed by atoms with Gasteiger partial charge in [0.15, 0.2) is 5.78 Å². The molecule has 24 heavy (non-hydrogen) atoms. The molecule has 0 unspecified atom stereocenters. The highest BCUT2D eigenvalue weighted by molar-refractivity contribution is 6.00. The van der Waals surface area contributed by atoms with E-state index in [1.165, 1.54) is 0 Å². The van der Waals surface area contributed by atoms with Crippen molar-refractivity contribution in [2.75, 3.05) is 14.2 Å². The molecule has 1 aromatic rings. The molecule has 1 heterocycles. The van der Waals surface area contributed by atoms with Gasteiger partial charge in [-0.15, -0.1) is 0 Å². The maximum atomic E-state index is 12.8. The zero-order valence-corrected chi connectivity index (χ0v) is 14.5. The van der Waals surface area contributed by atoms with Crippen molar-refractivity contribution in [2.45, 2.75) is 39.0 Å². The summed E-state index contributed by atoms with van der Waals surface area (Å²) in [4.78, 5) is 24.9.